The lowest BCUT2D eigenvalue weighted by Gasteiger charge is -2.40. The van der Waals surface area contributed by atoms with E-state index in [1.165, 1.54) is 37.4 Å². The van der Waals surface area contributed by atoms with Crippen molar-refractivity contribution in [3.8, 4) is 17.3 Å². The van der Waals surface area contributed by atoms with E-state index < -0.39 is 34.8 Å². The van der Waals surface area contributed by atoms with Crippen molar-refractivity contribution in [3.05, 3.63) is 48.4 Å². The van der Waals surface area contributed by atoms with Crippen molar-refractivity contribution in [1.82, 2.24) is 19.7 Å². The molecule has 0 bridgehead atoms. The Labute approximate surface area is 239 Å². The van der Waals surface area contributed by atoms with E-state index in [9.17, 15) is 21.6 Å². The van der Waals surface area contributed by atoms with Crippen molar-refractivity contribution < 1.29 is 35.1 Å². The molecule has 2 aromatic heterocycles. The minimum Gasteiger partial charge on any atom is -0.495 e. The summed E-state index contributed by atoms with van der Waals surface area (Å²) in [5, 5.41) is 8.51. The average Bonchev–Trinajstić information content (AvgIpc) is 3.51. The Bertz CT molecular complexity index is 1700. The van der Waals surface area contributed by atoms with Gasteiger partial charge in [-0.2, -0.15) is 13.2 Å². The lowest BCUT2D eigenvalue weighted by molar-refractivity contribution is -0.139. The second kappa shape index (κ2) is 11.1. The number of fused-ring (bicyclic) bond motifs is 1. The van der Waals surface area contributed by atoms with Crippen LogP contribution in [0.1, 0.15) is 12.3 Å². The molecule has 0 aliphatic carbocycles. The zero-order valence-corrected chi connectivity index (χ0v) is 23.9. The van der Waals surface area contributed by atoms with Gasteiger partial charge in [0.25, 0.3) is 5.89 Å². The Morgan fingerprint density at radius 2 is 1.95 bits per heavy atom. The van der Waals surface area contributed by atoms with Gasteiger partial charge in [0.1, 0.15) is 24.2 Å². The van der Waals surface area contributed by atoms with Crippen molar-refractivity contribution in [2.45, 2.75) is 42.8 Å². The molecule has 2 N–H and O–H groups in total. The van der Waals surface area contributed by atoms with E-state index in [-0.39, 0.29) is 46.7 Å². The van der Waals surface area contributed by atoms with Crippen LogP contribution in [-0.4, -0.2) is 80.0 Å². The number of benzene rings is 2. The first kappa shape index (κ1) is 29.6. The summed E-state index contributed by atoms with van der Waals surface area (Å²) < 4.78 is 92.8. The molecule has 15 heteroatoms. The van der Waals surface area contributed by atoms with E-state index in [0.717, 1.165) is 10.8 Å². The fraction of sp³-hybridized carbons (Fsp3) is 0.407. The fourth-order valence-corrected chi connectivity index (χ4v) is 5.94. The highest BCUT2D eigenvalue weighted by atomic mass is 32.2. The quantitative estimate of drug-likeness (QED) is 0.230. The monoisotopic (exact) mass is 610 g/mol. The molecular weight excluding hydrogens is 580 g/mol. The Morgan fingerprint density at radius 1 is 1.19 bits per heavy atom. The molecule has 2 atom stereocenters. The van der Waals surface area contributed by atoms with Crippen LogP contribution in [0.15, 0.2) is 51.8 Å². The molecule has 0 unspecified atom stereocenters. The van der Waals surface area contributed by atoms with E-state index in [0.29, 0.717) is 29.7 Å². The van der Waals surface area contributed by atoms with Crippen LogP contribution in [0.3, 0.4) is 0 Å². The summed E-state index contributed by atoms with van der Waals surface area (Å²) in [5.74, 6) is 0.0519. The van der Waals surface area contributed by atoms with E-state index in [2.05, 4.69) is 10.2 Å². The molecular formula is C27H30F4N6O4S. The average molecular weight is 611 g/mol. The molecule has 3 heterocycles. The predicted molar refractivity (Wildman–Crippen MR) is 149 cm³/mol. The van der Waals surface area contributed by atoms with Crippen LogP contribution in [0.4, 0.5) is 28.9 Å². The van der Waals surface area contributed by atoms with Crippen molar-refractivity contribution in [1.29, 1.82) is 0 Å². The van der Waals surface area contributed by atoms with Gasteiger partial charge in [-0.3, -0.25) is 0 Å². The highest BCUT2D eigenvalue weighted by Gasteiger charge is 2.36. The van der Waals surface area contributed by atoms with E-state index >= 15 is 4.39 Å². The lowest BCUT2D eigenvalue weighted by atomic mass is 10.0. The molecule has 0 amide bonds. The SMILES string of the molecule is COc1cc(S(C)(=O)=O)ccc1N(Cc1nnc(-c2cc3c(N)cccc3n2CC(F)(F)F)o1)[C@@H]1CCN(C)C[C@@H]1F. The second-order valence-electron chi connectivity index (χ2n) is 10.4. The molecule has 1 aliphatic rings. The minimum absolute atomic E-state index is 0.0159. The molecule has 0 spiro atoms. The summed E-state index contributed by atoms with van der Waals surface area (Å²) in [6, 6.07) is 9.76. The van der Waals surface area contributed by atoms with Crippen LogP contribution in [0, 0.1) is 0 Å². The first-order chi connectivity index (χ1) is 19.7. The Kier molecular flexibility index (Phi) is 7.83. The van der Waals surface area contributed by atoms with Gasteiger partial charge in [0.2, 0.25) is 5.89 Å². The number of sulfone groups is 1. The van der Waals surface area contributed by atoms with Gasteiger partial charge in [-0.15, -0.1) is 10.2 Å². The molecule has 42 heavy (non-hydrogen) atoms. The molecule has 226 valence electrons. The van der Waals surface area contributed by atoms with Crippen LogP contribution in [0.2, 0.25) is 0 Å². The molecule has 10 nitrogen and oxygen atoms in total. The van der Waals surface area contributed by atoms with Crippen molar-refractivity contribution >= 4 is 32.1 Å². The number of piperidine rings is 1. The molecule has 1 aliphatic heterocycles. The molecule has 5 rings (SSSR count). The number of nitrogens with two attached hydrogens (primary N) is 1. The van der Waals surface area contributed by atoms with Crippen LogP contribution in [0.5, 0.6) is 5.75 Å². The van der Waals surface area contributed by atoms with Crippen LogP contribution >= 0.6 is 0 Å². The third-order valence-corrected chi connectivity index (χ3v) is 8.42. The summed E-state index contributed by atoms with van der Waals surface area (Å²) in [5.41, 5.74) is 7.01. The van der Waals surface area contributed by atoms with Gasteiger partial charge < -0.3 is 29.3 Å². The third kappa shape index (κ3) is 6.02. The third-order valence-electron chi connectivity index (χ3n) is 7.31. The van der Waals surface area contributed by atoms with Gasteiger partial charge in [0.15, 0.2) is 9.84 Å². The maximum Gasteiger partial charge on any atom is 0.406 e. The number of hydrogen-bond acceptors (Lipinski definition) is 9. The van der Waals surface area contributed by atoms with Gasteiger partial charge in [-0.1, -0.05) is 6.07 Å². The normalized spacial score (nSPS) is 18.5. The molecule has 1 fully saturated rings. The summed E-state index contributed by atoms with van der Waals surface area (Å²) in [7, 11) is -0.363. The number of nitrogen functional groups attached to an aromatic ring is 1. The number of halogens is 4. The number of likely N-dealkylation sites (tertiary alicyclic amines) is 1. The van der Waals surface area contributed by atoms with E-state index in [4.69, 9.17) is 14.9 Å². The largest absolute Gasteiger partial charge is 0.495 e. The van der Waals surface area contributed by atoms with Crippen LogP contribution < -0.4 is 15.4 Å². The summed E-state index contributed by atoms with van der Waals surface area (Å²) >= 11 is 0. The molecule has 0 radical (unpaired) electrons. The van der Waals surface area contributed by atoms with Crippen LogP contribution in [0.25, 0.3) is 22.5 Å². The van der Waals surface area contributed by atoms with Crippen LogP contribution in [-0.2, 0) is 22.9 Å². The van der Waals surface area contributed by atoms with Crippen molar-refractivity contribution in [2.75, 3.05) is 44.1 Å². The topological polar surface area (TPSA) is 120 Å². The number of methoxy groups -OCH3 is 1. The highest BCUT2D eigenvalue weighted by Crippen LogP contribution is 2.37. The molecule has 4 aromatic rings. The lowest BCUT2D eigenvalue weighted by Crippen LogP contribution is -2.51. The van der Waals surface area contributed by atoms with Crippen molar-refractivity contribution in [2.24, 2.45) is 0 Å². The van der Waals surface area contributed by atoms with Gasteiger partial charge in [0.05, 0.1) is 35.8 Å². The molecule has 0 saturated carbocycles. The van der Waals surface area contributed by atoms with Gasteiger partial charge in [-0.25, -0.2) is 12.8 Å². The van der Waals surface area contributed by atoms with E-state index in [1.807, 2.05) is 11.9 Å². The number of nitrogens with zero attached hydrogens (tertiary/aromatic N) is 5. The first-order valence-corrected chi connectivity index (χ1v) is 14.9. The standard InChI is InChI=1S/C27H30F4N6O4S/c1-35-10-9-21(18(28)13-35)36(22-8-7-16(42(3,38)39)11-24(22)40-2)14-25-33-34-26(41-25)23-12-17-19(32)5-4-6-20(17)37(23)15-27(29,30)31/h4-8,11-12,18,21H,9-10,13-15,32H2,1-3H3/t18-,21+/m0/s1. The molecule has 2 aromatic carbocycles. The van der Waals surface area contributed by atoms with Gasteiger partial charge in [-0.05, 0) is 43.8 Å². The minimum atomic E-state index is -4.54. The Balaban J connectivity index is 1.56. The number of ether oxygens (including phenoxy) is 1. The first-order valence-electron chi connectivity index (χ1n) is 13.0. The summed E-state index contributed by atoms with van der Waals surface area (Å²) in [6.07, 6.45) is -4.33. The number of aromatic nitrogens is 3. The zero-order chi connectivity index (χ0) is 30.4. The predicted octanol–water partition coefficient (Wildman–Crippen LogP) is 4.30. The highest BCUT2D eigenvalue weighted by molar-refractivity contribution is 7.90. The van der Waals surface area contributed by atoms with Gasteiger partial charge in [0, 0.05) is 36.5 Å². The number of alkyl halides is 4. The maximum atomic E-state index is 15.5. The van der Waals surface area contributed by atoms with Gasteiger partial charge >= 0.3 is 6.18 Å². The number of anilines is 2. The van der Waals surface area contributed by atoms with E-state index in [1.54, 1.807) is 17.0 Å². The summed E-state index contributed by atoms with van der Waals surface area (Å²) in [4.78, 5) is 3.56. The number of rotatable bonds is 8. The summed E-state index contributed by atoms with van der Waals surface area (Å²) in [6.45, 7) is -0.654. The molecule has 1 saturated heterocycles. The van der Waals surface area contributed by atoms with Crippen molar-refractivity contribution in [3.63, 3.8) is 0 Å². The Morgan fingerprint density at radius 3 is 2.62 bits per heavy atom. The fourth-order valence-electron chi connectivity index (χ4n) is 5.30. The zero-order valence-electron chi connectivity index (χ0n) is 23.1. The second-order valence-corrected chi connectivity index (χ2v) is 12.4. The smallest absolute Gasteiger partial charge is 0.406 e. The number of hydrogen-bond donors (Lipinski definition) is 1. The maximum absolute atomic E-state index is 15.5. The Hall–Kier alpha value is -3.85.